The molecule has 0 saturated carbocycles. The summed E-state index contributed by atoms with van der Waals surface area (Å²) in [5, 5.41) is 1.93. The lowest BCUT2D eigenvalue weighted by Gasteiger charge is -2.23. The summed E-state index contributed by atoms with van der Waals surface area (Å²) in [6.07, 6.45) is 0.0534. The fourth-order valence-corrected chi connectivity index (χ4v) is 4.62. The van der Waals surface area contributed by atoms with E-state index in [2.05, 4.69) is 0 Å². The third kappa shape index (κ3) is 5.67. The van der Waals surface area contributed by atoms with E-state index in [0.717, 1.165) is 27.7 Å². The number of anilines is 3. The lowest BCUT2D eigenvalue weighted by molar-refractivity contribution is 0.209. The second kappa shape index (κ2) is 11.2. The smallest absolute Gasteiger partial charge is 0.410 e. The standard InChI is InChI=1S/C28H29N3O4S/c1-29(2)26-13-7-12-25-24(26)11-8-14-27(25)31(36(33)34)20-19-21-15-17-23(18-16-21)35-28(32)30(3)22-9-5-4-6-10-22/h4-18H,19-20H2,1-3H3,(H,33,34). The van der Waals surface area contributed by atoms with Gasteiger partial charge in [-0.15, -0.1) is 0 Å². The minimum absolute atomic E-state index is 0.338. The number of fused-ring (bicyclic) bond motifs is 1. The Bertz CT molecular complexity index is 1360. The Morgan fingerprint density at radius 3 is 2.03 bits per heavy atom. The number of benzene rings is 4. The van der Waals surface area contributed by atoms with Crippen LogP contribution in [0.15, 0.2) is 91.0 Å². The van der Waals surface area contributed by atoms with Gasteiger partial charge >= 0.3 is 6.09 Å². The molecule has 4 rings (SSSR count). The van der Waals surface area contributed by atoms with E-state index >= 15 is 0 Å². The first-order chi connectivity index (χ1) is 17.3. The van der Waals surface area contributed by atoms with Crippen LogP contribution in [-0.2, 0) is 17.7 Å². The average molecular weight is 504 g/mol. The second-order valence-corrected chi connectivity index (χ2v) is 9.44. The van der Waals surface area contributed by atoms with Gasteiger partial charge in [-0.05, 0) is 48.4 Å². The van der Waals surface area contributed by atoms with E-state index in [1.54, 1.807) is 19.2 Å². The maximum absolute atomic E-state index is 12.5. The van der Waals surface area contributed by atoms with Crippen LogP contribution in [0.5, 0.6) is 5.75 Å². The monoisotopic (exact) mass is 503 g/mol. The molecule has 8 heteroatoms. The highest BCUT2D eigenvalue weighted by Gasteiger charge is 2.17. The number of carbonyl (C=O) groups is 1. The molecule has 4 aromatic rings. The molecular weight excluding hydrogens is 474 g/mol. The predicted molar refractivity (Wildman–Crippen MR) is 147 cm³/mol. The molecule has 1 unspecified atom stereocenters. The van der Waals surface area contributed by atoms with Crippen molar-refractivity contribution < 1.29 is 18.3 Å². The largest absolute Gasteiger partial charge is 0.419 e. The average Bonchev–Trinajstić information content (AvgIpc) is 2.89. The first-order valence-corrected chi connectivity index (χ1v) is 12.6. The van der Waals surface area contributed by atoms with Crippen molar-refractivity contribution in [3.63, 3.8) is 0 Å². The van der Waals surface area contributed by atoms with Crippen molar-refractivity contribution in [1.29, 1.82) is 0 Å². The Balaban J connectivity index is 1.46. The molecule has 186 valence electrons. The first kappa shape index (κ1) is 25.2. The molecule has 1 N–H and O–H groups in total. The van der Waals surface area contributed by atoms with Crippen molar-refractivity contribution in [2.24, 2.45) is 0 Å². The molecule has 7 nitrogen and oxygen atoms in total. The number of hydrogen-bond donors (Lipinski definition) is 1. The van der Waals surface area contributed by atoms with Gasteiger partial charge in [0.05, 0.1) is 5.69 Å². The van der Waals surface area contributed by atoms with Crippen molar-refractivity contribution in [2.75, 3.05) is 41.8 Å². The molecule has 0 aliphatic rings. The minimum atomic E-state index is -2.19. The molecule has 36 heavy (non-hydrogen) atoms. The van der Waals surface area contributed by atoms with Gasteiger partial charge in [0.15, 0.2) is 0 Å². The quantitative estimate of drug-likeness (QED) is 0.311. The van der Waals surface area contributed by atoms with Crippen LogP contribution >= 0.6 is 0 Å². The van der Waals surface area contributed by atoms with Crippen LogP contribution in [0, 0.1) is 0 Å². The second-order valence-electron chi connectivity index (χ2n) is 8.53. The van der Waals surface area contributed by atoms with E-state index in [0.29, 0.717) is 24.4 Å². The van der Waals surface area contributed by atoms with Crippen LogP contribution in [0.3, 0.4) is 0 Å². The molecule has 1 atom stereocenters. The highest BCUT2D eigenvalue weighted by molar-refractivity contribution is 7.80. The minimum Gasteiger partial charge on any atom is -0.410 e. The lowest BCUT2D eigenvalue weighted by atomic mass is 10.1. The van der Waals surface area contributed by atoms with Crippen LogP contribution < -0.4 is 18.8 Å². The van der Waals surface area contributed by atoms with E-state index in [4.69, 9.17) is 4.74 Å². The van der Waals surface area contributed by atoms with E-state index < -0.39 is 17.4 Å². The summed E-state index contributed by atoms with van der Waals surface area (Å²) in [5.41, 5.74) is 3.44. The molecule has 0 bridgehead atoms. The maximum atomic E-state index is 12.5. The summed E-state index contributed by atoms with van der Waals surface area (Å²) in [6, 6.07) is 28.2. The Kier molecular flexibility index (Phi) is 7.87. The Morgan fingerprint density at radius 2 is 1.42 bits per heavy atom. The summed E-state index contributed by atoms with van der Waals surface area (Å²) < 4.78 is 29.4. The Morgan fingerprint density at radius 1 is 0.806 bits per heavy atom. The van der Waals surface area contributed by atoms with Crippen LogP contribution in [0.2, 0.25) is 0 Å². The van der Waals surface area contributed by atoms with Crippen LogP contribution in [-0.4, -0.2) is 42.5 Å². The van der Waals surface area contributed by atoms with Gasteiger partial charge in [0, 0.05) is 49.8 Å². The third-order valence-electron chi connectivity index (χ3n) is 5.96. The van der Waals surface area contributed by atoms with Gasteiger partial charge in [0.25, 0.3) is 11.3 Å². The molecule has 0 spiro atoms. The number of hydrogen-bond acceptors (Lipinski definition) is 4. The van der Waals surface area contributed by atoms with Gasteiger partial charge in [-0.3, -0.25) is 13.8 Å². The number of ether oxygens (including phenoxy) is 1. The molecule has 0 saturated heterocycles. The van der Waals surface area contributed by atoms with E-state index in [1.807, 2.05) is 97.9 Å². The van der Waals surface area contributed by atoms with Crippen molar-refractivity contribution >= 4 is 45.2 Å². The molecular formula is C28H29N3O4S. The van der Waals surface area contributed by atoms with Crippen molar-refractivity contribution in [3.05, 3.63) is 96.6 Å². The fraction of sp³-hybridized carbons (Fsp3) is 0.179. The summed E-state index contributed by atoms with van der Waals surface area (Å²) in [4.78, 5) is 15.9. The van der Waals surface area contributed by atoms with Crippen molar-refractivity contribution in [2.45, 2.75) is 6.42 Å². The van der Waals surface area contributed by atoms with Crippen molar-refractivity contribution in [3.8, 4) is 5.75 Å². The first-order valence-electron chi connectivity index (χ1n) is 11.5. The van der Waals surface area contributed by atoms with Gasteiger partial charge in [-0.25, -0.2) is 9.00 Å². The normalized spacial score (nSPS) is 11.7. The summed E-state index contributed by atoms with van der Waals surface area (Å²) in [6.45, 7) is 0.338. The van der Waals surface area contributed by atoms with E-state index in [1.165, 1.54) is 9.21 Å². The molecule has 0 radical (unpaired) electrons. The maximum Gasteiger partial charge on any atom is 0.419 e. The summed E-state index contributed by atoms with van der Waals surface area (Å²) in [5.74, 6) is 0.430. The lowest BCUT2D eigenvalue weighted by Crippen LogP contribution is -2.29. The van der Waals surface area contributed by atoms with Gasteiger partial charge in [-0.2, -0.15) is 0 Å². The summed E-state index contributed by atoms with van der Waals surface area (Å²) in [7, 11) is 5.61. The molecule has 4 aromatic carbocycles. The highest BCUT2D eigenvalue weighted by Crippen LogP contribution is 2.33. The van der Waals surface area contributed by atoms with Crippen LogP contribution in [0.4, 0.5) is 21.9 Å². The molecule has 1 amide bonds. The van der Waals surface area contributed by atoms with Gasteiger partial charge in [0.1, 0.15) is 5.75 Å². The number of para-hydroxylation sites is 1. The van der Waals surface area contributed by atoms with Crippen LogP contribution in [0.1, 0.15) is 5.56 Å². The van der Waals surface area contributed by atoms with E-state index in [9.17, 15) is 13.6 Å². The molecule has 0 aliphatic carbocycles. The summed E-state index contributed by atoms with van der Waals surface area (Å²) >= 11 is -2.19. The van der Waals surface area contributed by atoms with Gasteiger partial charge < -0.3 is 9.64 Å². The molecule has 0 heterocycles. The molecule has 0 fully saturated rings. The van der Waals surface area contributed by atoms with Crippen molar-refractivity contribution in [1.82, 2.24) is 0 Å². The Labute approximate surface area is 213 Å². The number of amides is 1. The fourth-order valence-electron chi connectivity index (χ4n) is 4.05. The number of carbonyl (C=O) groups excluding carboxylic acids is 1. The van der Waals surface area contributed by atoms with E-state index in [-0.39, 0.29) is 0 Å². The zero-order valence-corrected chi connectivity index (χ0v) is 21.3. The molecule has 0 aliphatic heterocycles. The Hall–Kier alpha value is -3.88. The zero-order chi connectivity index (χ0) is 25.7. The van der Waals surface area contributed by atoms with Gasteiger partial charge in [0.2, 0.25) is 0 Å². The number of nitrogens with zero attached hydrogens (tertiary/aromatic N) is 3. The van der Waals surface area contributed by atoms with Gasteiger partial charge in [-0.1, -0.05) is 54.6 Å². The highest BCUT2D eigenvalue weighted by atomic mass is 32.2. The van der Waals surface area contributed by atoms with Crippen LogP contribution in [0.25, 0.3) is 10.8 Å². The SMILES string of the molecule is CN(C)c1cccc2c(N(CCc3ccc(OC(=O)N(C)c4ccccc4)cc3)S(=O)O)cccc12. The molecule has 0 aromatic heterocycles. The topological polar surface area (TPSA) is 73.3 Å². The number of rotatable bonds is 8. The zero-order valence-electron chi connectivity index (χ0n) is 20.5. The third-order valence-corrected chi connectivity index (χ3v) is 6.72. The predicted octanol–water partition coefficient (Wildman–Crippen LogP) is 5.73.